The van der Waals surface area contributed by atoms with Gasteiger partial charge in [-0.25, -0.2) is 0 Å². The molecule has 3 heteroatoms. The number of carbonyl (C=O) groups excluding carboxylic acids is 1. The van der Waals surface area contributed by atoms with Gasteiger partial charge in [-0.1, -0.05) is 12.1 Å². The van der Waals surface area contributed by atoms with Crippen molar-refractivity contribution in [2.75, 3.05) is 13.7 Å². The molecular weight excluding hydrogens is 204 g/mol. The number of ether oxygens (including phenoxy) is 2. The maximum atomic E-state index is 11.0. The summed E-state index contributed by atoms with van der Waals surface area (Å²) >= 11 is 0. The van der Waals surface area contributed by atoms with E-state index >= 15 is 0 Å². The molecule has 0 saturated carbocycles. The van der Waals surface area contributed by atoms with Crippen LogP contribution in [0.1, 0.15) is 25.8 Å². The molecule has 0 radical (unpaired) electrons. The van der Waals surface area contributed by atoms with Crippen molar-refractivity contribution in [3.05, 3.63) is 23.8 Å². The van der Waals surface area contributed by atoms with E-state index < -0.39 is 0 Å². The highest BCUT2D eigenvalue weighted by molar-refractivity contribution is 5.75. The summed E-state index contributed by atoms with van der Waals surface area (Å²) < 4.78 is 10.8. The molecule has 0 amide bonds. The van der Waals surface area contributed by atoms with Gasteiger partial charge < -0.3 is 14.3 Å². The van der Waals surface area contributed by atoms with E-state index in [1.54, 1.807) is 14.0 Å². The van der Waals surface area contributed by atoms with Gasteiger partial charge in [0.15, 0.2) is 11.5 Å². The topological polar surface area (TPSA) is 35.5 Å². The highest BCUT2D eigenvalue weighted by Crippen LogP contribution is 2.31. The summed E-state index contributed by atoms with van der Waals surface area (Å²) in [6.07, 6.45) is 1.23. The number of hydrogen-bond donors (Lipinski definition) is 0. The lowest BCUT2D eigenvalue weighted by Crippen LogP contribution is -2.01. The lowest BCUT2D eigenvalue weighted by molar-refractivity contribution is -0.116. The number of para-hydroxylation sites is 1. The molecule has 1 aromatic carbocycles. The van der Waals surface area contributed by atoms with Crippen LogP contribution in [-0.2, 0) is 11.2 Å². The smallest absolute Gasteiger partial charge is 0.164 e. The van der Waals surface area contributed by atoms with Crippen molar-refractivity contribution in [2.24, 2.45) is 0 Å². The maximum Gasteiger partial charge on any atom is 0.164 e. The van der Waals surface area contributed by atoms with Crippen LogP contribution in [0.15, 0.2) is 18.2 Å². The minimum atomic E-state index is 0.185. The highest BCUT2D eigenvalue weighted by atomic mass is 16.5. The Labute approximate surface area is 96.4 Å². The van der Waals surface area contributed by atoms with E-state index in [-0.39, 0.29) is 5.78 Å². The third-order valence-corrected chi connectivity index (χ3v) is 2.32. The standard InChI is InChI=1S/C13H18O3/c1-4-16-13-11(9-8-10(2)14)6-5-7-12(13)15-3/h5-7H,4,8-9H2,1-3H3. The van der Waals surface area contributed by atoms with Crippen LogP contribution in [0.3, 0.4) is 0 Å². The van der Waals surface area contributed by atoms with Gasteiger partial charge in [-0.2, -0.15) is 0 Å². The molecule has 0 heterocycles. The van der Waals surface area contributed by atoms with Gasteiger partial charge in [0.1, 0.15) is 5.78 Å². The van der Waals surface area contributed by atoms with E-state index in [4.69, 9.17) is 9.47 Å². The minimum Gasteiger partial charge on any atom is -0.493 e. The number of Topliss-reactive ketones (excluding diaryl/α,β-unsaturated/α-hetero) is 1. The molecule has 0 N–H and O–H groups in total. The number of carbonyl (C=O) groups is 1. The van der Waals surface area contributed by atoms with Gasteiger partial charge in [0.25, 0.3) is 0 Å². The molecule has 3 nitrogen and oxygen atoms in total. The van der Waals surface area contributed by atoms with Crippen LogP contribution in [-0.4, -0.2) is 19.5 Å². The number of ketones is 1. The second kappa shape index (κ2) is 6.16. The Hall–Kier alpha value is -1.51. The van der Waals surface area contributed by atoms with Crippen LogP contribution < -0.4 is 9.47 Å². The fourth-order valence-corrected chi connectivity index (χ4v) is 1.54. The number of hydrogen-bond acceptors (Lipinski definition) is 3. The second-order valence-electron chi connectivity index (χ2n) is 3.58. The van der Waals surface area contributed by atoms with Gasteiger partial charge in [-0.05, 0) is 31.9 Å². The van der Waals surface area contributed by atoms with Crippen molar-refractivity contribution in [1.29, 1.82) is 0 Å². The summed E-state index contributed by atoms with van der Waals surface area (Å²) in [5.41, 5.74) is 1.02. The third-order valence-electron chi connectivity index (χ3n) is 2.32. The molecule has 1 aromatic rings. The Kier molecular flexibility index (Phi) is 4.83. The van der Waals surface area contributed by atoms with Gasteiger partial charge in [0.2, 0.25) is 0 Å². The van der Waals surface area contributed by atoms with Crippen LogP contribution in [0.5, 0.6) is 11.5 Å². The third kappa shape index (κ3) is 3.26. The SMILES string of the molecule is CCOc1c(CCC(C)=O)cccc1OC. The second-order valence-corrected chi connectivity index (χ2v) is 3.58. The Balaban J connectivity index is 2.92. The fourth-order valence-electron chi connectivity index (χ4n) is 1.54. The van der Waals surface area contributed by atoms with E-state index in [1.165, 1.54) is 0 Å². The quantitative estimate of drug-likeness (QED) is 0.742. The molecule has 16 heavy (non-hydrogen) atoms. The van der Waals surface area contributed by atoms with Gasteiger partial charge in [-0.15, -0.1) is 0 Å². The molecule has 0 saturated heterocycles. The lowest BCUT2D eigenvalue weighted by Gasteiger charge is -2.13. The van der Waals surface area contributed by atoms with E-state index in [0.29, 0.717) is 19.4 Å². The van der Waals surface area contributed by atoms with Crippen molar-refractivity contribution in [1.82, 2.24) is 0 Å². The molecular formula is C13H18O3. The van der Waals surface area contributed by atoms with Crippen LogP contribution in [0, 0.1) is 0 Å². The summed E-state index contributed by atoms with van der Waals surface area (Å²) in [6, 6.07) is 5.75. The molecule has 0 aliphatic heterocycles. The first-order chi connectivity index (χ1) is 7.69. The maximum absolute atomic E-state index is 11.0. The van der Waals surface area contributed by atoms with Crippen molar-refractivity contribution in [3.63, 3.8) is 0 Å². The predicted molar refractivity (Wildman–Crippen MR) is 63.2 cm³/mol. The number of rotatable bonds is 6. The largest absolute Gasteiger partial charge is 0.493 e. The molecule has 1 rings (SSSR count). The first kappa shape index (κ1) is 12.6. The molecule has 0 bridgehead atoms. The predicted octanol–water partition coefficient (Wildman–Crippen LogP) is 2.62. The molecule has 0 atom stereocenters. The first-order valence-corrected chi connectivity index (χ1v) is 5.47. The Morgan fingerprint density at radius 1 is 1.38 bits per heavy atom. The zero-order chi connectivity index (χ0) is 12.0. The molecule has 0 spiro atoms. The number of methoxy groups -OCH3 is 1. The summed E-state index contributed by atoms with van der Waals surface area (Å²) in [6.45, 7) is 4.12. The van der Waals surface area contributed by atoms with E-state index in [9.17, 15) is 4.79 Å². The number of benzene rings is 1. The number of aryl methyl sites for hydroxylation is 1. The molecule has 0 unspecified atom stereocenters. The zero-order valence-corrected chi connectivity index (χ0v) is 10.1. The van der Waals surface area contributed by atoms with Gasteiger partial charge in [0.05, 0.1) is 13.7 Å². The Morgan fingerprint density at radius 3 is 2.69 bits per heavy atom. The Bertz CT molecular complexity index is 358. The summed E-state index contributed by atoms with van der Waals surface area (Å²) in [5.74, 6) is 1.67. The summed E-state index contributed by atoms with van der Waals surface area (Å²) in [5, 5.41) is 0. The normalized spacial score (nSPS) is 9.94. The summed E-state index contributed by atoms with van der Waals surface area (Å²) in [7, 11) is 1.62. The zero-order valence-electron chi connectivity index (χ0n) is 10.1. The average molecular weight is 222 g/mol. The van der Waals surface area contributed by atoms with Gasteiger partial charge >= 0.3 is 0 Å². The van der Waals surface area contributed by atoms with Crippen molar-refractivity contribution < 1.29 is 14.3 Å². The van der Waals surface area contributed by atoms with Crippen LogP contribution >= 0.6 is 0 Å². The van der Waals surface area contributed by atoms with Crippen LogP contribution in [0.2, 0.25) is 0 Å². The van der Waals surface area contributed by atoms with Gasteiger partial charge in [-0.3, -0.25) is 0 Å². The lowest BCUT2D eigenvalue weighted by atomic mass is 10.1. The van der Waals surface area contributed by atoms with Crippen LogP contribution in [0.4, 0.5) is 0 Å². The van der Waals surface area contributed by atoms with Crippen molar-refractivity contribution >= 4 is 5.78 Å². The average Bonchev–Trinajstić information content (AvgIpc) is 2.27. The molecule has 88 valence electrons. The first-order valence-electron chi connectivity index (χ1n) is 5.47. The van der Waals surface area contributed by atoms with Gasteiger partial charge in [0, 0.05) is 6.42 Å². The van der Waals surface area contributed by atoms with E-state index in [0.717, 1.165) is 17.1 Å². The molecule has 0 aliphatic carbocycles. The minimum absolute atomic E-state index is 0.185. The van der Waals surface area contributed by atoms with Crippen LogP contribution in [0.25, 0.3) is 0 Å². The monoisotopic (exact) mass is 222 g/mol. The van der Waals surface area contributed by atoms with E-state index in [1.807, 2.05) is 25.1 Å². The highest BCUT2D eigenvalue weighted by Gasteiger charge is 2.10. The molecule has 0 fully saturated rings. The molecule has 0 aromatic heterocycles. The Morgan fingerprint density at radius 2 is 2.12 bits per heavy atom. The summed E-state index contributed by atoms with van der Waals surface area (Å²) in [4.78, 5) is 11.0. The molecule has 0 aliphatic rings. The van der Waals surface area contributed by atoms with Crippen molar-refractivity contribution in [3.8, 4) is 11.5 Å². The van der Waals surface area contributed by atoms with E-state index in [2.05, 4.69) is 0 Å². The van der Waals surface area contributed by atoms with Crippen molar-refractivity contribution in [2.45, 2.75) is 26.7 Å². The fraction of sp³-hybridized carbons (Fsp3) is 0.462.